The molecule has 0 unspecified atom stereocenters. The van der Waals surface area contributed by atoms with E-state index in [9.17, 15) is 9.59 Å². The first-order valence-corrected chi connectivity index (χ1v) is 14.6. The minimum absolute atomic E-state index is 0.0325. The molecule has 3 aromatic rings. The van der Waals surface area contributed by atoms with Crippen molar-refractivity contribution in [2.45, 2.75) is 39.8 Å². The summed E-state index contributed by atoms with van der Waals surface area (Å²) in [5.74, 6) is -1.46. The number of piperazine rings is 1. The van der Waals surface area contributed by atoms with Crippen LogP contribution >= 0.6 is 0 Å². The van der Waals surface area contributed by atoms with Crippen molar-refractivity contribution in [1.82, 2.24) is 19.4 Å². The predicted octanol–water partition coefficient (Wildman–Crippen LogP) is 5.17. The first-order valence-electron chi connectivity index (χ1n) is 14.6. The van der Waals surface area contributed by atoms with Gasteiger partial charge >= 0.3 is 5.69 Å². The molecular formula is C33H33F2N7O2. The quantitative estimate of drug-likeness (QED) is 0.419. The van der Waals surface area contributed by atoms with Gasteiger partial charge in [0, 0.05) is 43.6 Å². The summed E-state index contributed by atoms with van der Waals surface area (Å²) in [5, 5.41) is 3.48. The summed E-state index contributed by atoms with van der Waals surface area (Å²) in [6, 6.07) is 5.24. The molecule has 6 rings (SSSR count). The lowest BCUT2D eigenvalue weighted by Crippen LogP contribution is -2.58. The molecule has 0 aliphatic carbocycles. The van der Waals surface area contributed by atoms with Crippen LogP contribution in [0.4, 0.5) is 20.3 Å². The molecule has 0 spiro atoms. The van der Waals surface area contributed by atoms with E-state index in [2.05, 4.69) is 21.9 Å². The van der Waals surface area contributed by atoms with E-state index >= 15 is 8.78 Å². The number of carbonyl (C=O) groups excluding carboxylic acids is 1. The molecule has 11 heteroatoms. The van der Waals surface area contributed by atoms with E-state index in [0.717, 1.165) is 0 Å². The standard InChI is InChI=1S/C33H33F2N7O2/c1-6-26(43)40-16-20(5)41(17-19(40)4)31-22-15-24(35)29-27-23(34)10-7-11-25(27)36-14-12-21-9-8-13-37-28(18(2)3)30(21)42(32(22)38-29)33(44)39-31/h6-13,15,18-20,36H,1,14,16-17H2,2-5H3/b21-12+/t19-,20+/m1/s1. The molecule has 5 heterocycles. The number of fused-ring (bicyclic) bond motifs is 5. The lowest BCUT2D eigenvalue weighted by Gasteiger charge is -2.44. The Morgan fingerprint density at radius 1 is 1.14 bits per heavy atom. The number of nitrogens with one attached hydrogen (secondary N) is 1. The Bertz CT molecular complexity index is 1890. The number of hydrogen-bond acceptors (Lipinski definition) is 7. The van der Waals surface area contributed by atoms with Gasteiger partial charge in [0.1, 0.15) is 17.3 Å². The number of nitrogens with zero attached hydrogens (tertiary/aromatic N) is 6. The molecule has 226 valence electrons. The fourth-order valence-electron chi connectivity index (χ4n) is 6.12. The minimum Gasteiger partial charge on any atom is -0.381 e. The molecule has 0 saturated carbocycles. The van der Waals surface area contributed by atoms with Crippen molar-refractivity contribution in [2.75, 3.05) is 29.9 Å². The highest BCUT2D eigenvalue weighted by Crippen LogP contribution is 2.38. The largest absolute Gasteiger partial charge is 0.381 e. The lowest BCUT2D eigenvalue weighted by atomic mass is 10.0. The summed E-state index contributed by atoms with van der Waals surface area (Å²) in [7, 11) is 0. The first kappa shape index (κ1) is 29.2. The summed E-state index contributed by atoms with van der Waals surface area (Å²) in [5.41, 5.74) is 1.38. The fourth-order valence-corrected chi connectivity index (χ4v) is 6.12. The Morgan fingerprint density at radius 2 is 1.93 bits per heavy atom. The second-order valence-electron chi connectivity index (χ2n) is 11.5. The average molecular weight is 598 g/mol. The monoisotopic (exact) mass is 597 g/mol. The Labute approximate surface area is 253 Å². The zero-order valence-corrected chi connectivity index (χ0v) is 25.0. The molecule has 9 nitrogen and oxygen atoms in total. The molecule has 2 atom stereocenters. The van der Waals surface area contributed by atoms with Crippen LogP contribution in [0.5, 0.6) is 0 Å². The topological polar surface area (TPSA) is 95.7 Å². The lowest BCUT2D eigenvalue weighted by molar-refractivity contribution is -0.128. The Kier molecular flexibility index (Phi) is 7.48. The number of benzene rings is 1. The number of rotatable bonds is 3. The number of halogens is 2. The molecule has 1 fully saturated rings. The van der Waals surface area contributed by atoms with Crippen LogP contribution in [-0.4, -0.2) is 63.3 Å². The number of allylic oxidation sites excluding steroid dienone is 5. The number of aromatic nitrogens is 3. The second-order valence-corrected chi connectivity index (χ2v) is 11.5. The summed E-state index contributed by atoms with van der Waals surface area (Å²) in [4.78, 5) is 44.3. The van der Waals surface area contributed by atoms with Gasteiger partial charge in [0.25, 0.3) is 0 Å². The zero-order valence-electron chi connectivity index (χ0n) is 25.0. The van der Waals surface area contributed by atoms with E-state index in [0.29, 0.717) is 35.7 Å². The van der Waals surface area contributed by atoms with Gasteiger partial charge in [-0.3, -0.25) is 9.79 Å². The average Bonchev–Trinajstić information content (AvgIpc) is 3.21. The molecule has 2 aromatic heterocycles. The van der Waals surface area contributed by atoms with Gasteiger partial charge in [0.15, 0.2) is 11.5 Å². The van der Waals surface area contributed by atoms with Crippen LogP contribution in [0.1, 0.15) is 27.7 Å². The van der Waals surface area contributed by atoms with Gasteiger partial charge in [-0.2, -0.15) is 4.98 Å². The van der Waals surface area contributed by atoms with E-state index in [1.807, 2.05) is 44.7 Å². The first-order chi connectivity index (χ1) is 21.1. The molecule has 2 bridgehead atoms. The third-order valence-electron chi connectivity index (χ3n) is 8.24. The SMILES string of the molecule is C=CC(=O)N1C[C@H](C)N(c2nc(=O)n3c4nc(c(F)cc24)-c2c(F)cccc2NC/C=C2\C=CC=NC(C(C)C)=C23)C[C@H]1C. The van der Waals surface area contributed by atoms with E-state index in [4.69, 9.17) is 4.98 Å². The predicted molar refractivity (Wildman–Crippen MR) is 170 cm³/mol. The van der Waals surface area contributed by atoms with E-state index < -0.39 is 17.3 Å². The zero-order chi connectivity index (χ0) is 31.3. The molecule has 0 radical (unpaired) electrons. The van der Waals surface area contributed by atoms with Gasteiger partial charge in [-0.1, -0.05) is 38.6 Å². The van der Waals surface area contributed by atoms with Crippen LogP contribution in [0.3, 0.4) is 0 Å². The molecule has 1 aromatic carbocycles. The van der Waals surface area contributed by atoms with Gasteiger partial charge in [-0.15, -0.1) is 0 Å². The van der Waals surface area contributed by atoms with E-state index in [-0.39, 0.29) is 58.6 Å². The maximum atomic E-state index is 16.2. The van der Waals surface area contributed by atoms with Gasteiger partial charge in [-0.05, 0) is 55.7 Å². The second kappa shape index (κ2) is 11.3. The van der Waals surface area contributed by atoms with Gasteiger partial charge in [-0.25, -0.2) is 23.1 Å². The summed E-state index contributed by atoms with van der Waals surface area (Å²) in [6.07, 6.45) is 8.46. The van der Waals surface area contributed by atoms with Crippen LogP contribution in [0.15, 0.2) is 76.2 Å². The van der Waals surface area contributed by atoms with Gasteiger partial charge < -0.3 is 15.1 Å². The molecule has 1 saturated heterocycles. The fraction of sp³-hybridized carbons (Fsp3) is 0.303. The maximum Gasteiger partial charge on any atom is 0.355 e. The van der Waals surface area contributed by atoms with Crippen molar-refractivity contribution >= 4 is 40.4 Å². The van der Waals surface area contributed by atoms with Crippen molar-refractivity contribution in [3.63, 3.8) is 0 Å². The van der Waals surface area contributed by atoms with Crippen molar-refractivity contribution in [3.05, 3.63) is 88.5 Å². The van der Waals surface area contributed by atoms with Crippen molar-refractivity contribution in [3.8, 4) is 11.3 Å². The molecule has 44 heavy (non-hydrogen) atoms. The van der Waals surface area contributed by atoms with Gasteiger partial charge in [0.05, 0.1) is 22.3 Å². The number of aliphatic imine (C=N–C) groups is 1. The van der Waals surface area contributed by atoms with Crippen molar-refractivity contribution in [1.29, 1.82) is 0 Å². The summed E-state index contributed by atoms with van der Waals surface area (Å²) < 4.78 is 33.0. The Hall–Kier alpha value is -4.93. The van der Waals surface area contributed by atoms with Gasteiger partial charge in [0.2, 0.25) is 5.91 Å². The van der Waals surface area contributed by atoms with Crippen molar-refractivity contribution in [2.24, 2.45) is 10.9 Å². The Balaban J connectivity index is 1.70. The highest BCUT2D eigenvalue weighted by atomic mass is 19.1. The number of hydrogen-bond donors (Lipinski definition) is 1. The maximum absolute atomic E-state index is 16.2. The van der Waals surface area contributed by atoms with Crippen LogP contribution in [-0.2, 0) is 4.79 Å². The van der Waals surface area contributed by atoms with E-state index in [1.165, 1.54) is 22.8 Å². The molecule has 3 aliphatic rings. The third kappa shape index (κ3) is 4.82. The Morgan fingerprint density at radius 3 is 2.68 bits per heavy atom. The number of anilines is 2. The molecular weight excluding hydrogens is 564 g/mol. The smallest absolute Gasteiger partial charge is 0.355 e. The molecule has 1 amide bonds. The number of amides is 1. The molecule has 3 aliphatic heterocycles. The number of carbonyl (C=O) groups is 1. The van der Waals surface area contributed by atoms with Crippen LogP contribution in [0.25, 0.3) is 28.0 Å². The van der Waals surface area contributed by atoms with Crippen LogP contribution in [0.2, 0.25) is 0 Å². The van der Waals surface area contributed by atoms with E-state index in [1.54, 1.807) is 29.3 Å². The normalized spacial score (nSPS) is 20.9. The molecule has 1 N–H and O–H groups in total. The third-order valence-corrected chi connectivity index (χ3v) is 8.24. The summed E-state index contributed by atoms with van der Waals surface area (Å²) >= 11 is 0. The summed E-state index contributed by atoms with van der Waals surface area (Å²) in [6.45, 7) is 12.3. The van der Waals surface area contributed by atoms with Crippen LogP contribution in [0, 0.1) is 17.6 Å². The van der Waals surface area contributed by atoms with Crippen LogP contribution < -0.4 is 15.9 Å². The minimum atomic E-state index is -0.760. The number of pyridine rings is 1. The highest BCUT2D eigenvalue weighted by molar-refractivity contribution is 5.95. The van der Waals surface area contributed by atoms with Crippen molar-refractivity contribution < 1.29 is 13.6 Å². The highest BCUT2D eigenvalue weighted by Gasteiger charge is 2.34.